The third kappa shape index (κ3) is 4.64. The zero-order chi connectivity index (χ0) is 26.2. The summed E-state index contributed by atoms with van der Waals surface area (Å²) in [5.74, 6) is -0.515. The SMILES string of the molecule is O=C(C1CC1)N1CCC(COc2ncc(-c3cccc(CN4C(=O)c5ccccc5C4=O)c3F)cn2)CC1. The fourth-order valence-corrected chi connectivity index (χ4v) is 5.11. The number of piperidine rings is 1. The Bertz CT molecular complexity index is 1360. The third-order valence-electron chi connectivity index (χ3n) is 7.53. The third-order valence-corrected chi connectivity index (χ3v) is 7.53. The fourth-order valence-electron chi connectivity index (χ4n) is 5.11. The van der Waals surface area contributed by atoms with Crippen LogP contribution in [0.2, 0.25) is 0 Å². The zero-order valence-corrected chi connectivity index (χ0v) is 20.8. The van der Waals surface area contributed by atoms with E-state index in [9.17, 15) is 14.4 Å². The summed E-state index contributed by atoms with van der Waals surface area (Å²) in [5.41, 5.74) is 1.62. The summed E-state index contributed by atoms with van der Waals surface area (Å²) in [6, 6.07) is 11.7. The molecule has 3 aliphatic rings. The molecule has 6 rings (SSSR count). The lowest BCUT2D eigenvalue weighted by atomic mass is 9.97. The average molecular weight is 515 g/mol. The molecule has 0 radical (unpaired) electrons. The number of nitrogens with zero attached hydrogens (tertiary/aromatic N) is 4. The van der Waals surface area contributed by atoms with E-state index >= 15 is 4.39 Å². The molecule has 3 aromatic rings. The van der Waals surface area contributed by atoms with Crippen LogP contribution in [-0.2, 0) is 11.3 Å². The quantitative estimate of drug-likeness (QED) is 0.441. The van der Waals surface area contributed by atoms with Crippen molar-refractivity contribution in [3.63, 3.8) is 0 Å². The van der Waals surface area contributed by atoms with Gasteiger partial charge in [0.1, 0.15) is 5.82 Å². The predicted molar refractivity (Wildman–Crippen MR) is 136 cm³/mol. The fraction of sp³-hybridized carbons (Fsp3) is 0.345. The maximum Gasteiger partial charge on any atom is 0.316 e. The van der Waals surface area contributed by atoms with Crippen molar-refractivity contribution in [2.45, 2.75) is 32.2 Å². The second kappa shape index (κ2) is 9.96. The molecule has 0 N–H and O–H groups in total. The maximum atomic E-state index is 15.5. The molecule has 0 unspecified atom stereocenters. The number of likely N-dealkylation sites (tertiary alicyclic amines) is 1. The van der Waals surface area contributed by atoms with Gasteiger partial charge >= 0.3 is 6.01 Å². The van der Waals surface area contributed by atoms with Gasteiger partial charge in [0.2, 0.25) is 5.91 Å². The second-order valence-electron chi connectivity index (χ2n) is 10.1. The molecule has 2 fully saturated rings. The van der Waals surface area contributed by atoms with Crippen LogP contribution in [0.25, 0.3) is 11.1 Å². The lowest BCUT2D eigenvalue weighted by molar-refractivity contribution is -0.134. The van der Waals surface area contributed by atoms with Crippen molar-refractivity contribution in [1.82, 2.24) is 19.8 Å². The van der Waals surface area contributed by atoms with Crippen LogP contribution in [0.1, 0.15) is 52.0 Å². The van der Waals surface area contributed by atoms with E-state index in [0.29, 0.717) is 35.1 Å². The van der Waals surface area contributed by atoms with Crippen molar-refractivity contribution < 1.29 is 23.5 Å². The van der Waals surface area contributed by atoms with Gasteiger partial charge in [0, 0.05) is 48.1 Å². The molecule has 3 heterocycles. The molecule has 1 aromatic heterocycles. The molecule has 2 aromatic carbocycles. The van der Waals surface area contributed by atoms with E-state index in [1.54, 1.807) is 42.5 Å². The standard InChI is InChI=1S/C29H27FN4O4/c30-25-20(16-34-27(36)23-5-1-2-6-24(23)28(34)37)4-3-7-22(25)21-14-31-29(32-15-21)38-17-18-10-12-33(13-11-18)26(35)19-8-9-19/h1-7,14-15,18-19H,8-13,16-17H2. The molecule has 0 atom stereocenters. The zero-order valence-electron chi connectivity index (χ0n) is 20.8. The Labute approximate surface area is 219 Å². The molecule has 9 heteroatoms. The average Bonchev–Trinajstić information content (AvgIpc) is 3.78. The van der Waals surface area contributed by atoms with Crippen molar-refractivity contribution in [1.29, 1.82) is 0 Å². The van der Waals surface area contributed by atoms with E-state index in [-0.39, 0.29) is 29.6 Å². The Kier molecular flexibility index (Phi) is 6.35. The first kappa shape index (κ1) is 24.2. The molecule has 1 aliphatic carbocycles. The van der Waals surface area contributed by atoms with Crippen molar-refractivity contribution in [3.8, 4) is 17.1 Å². The molecule has 194 valence electrons. The van der Waals surface area contributed by atoms with Gasteiger partial charge in [-0.2, -0.15) is 0 Å². The lowest BCUT2D eigenvalue weighted by Crippen LogP contribution is -2.40. The maximum absolute atomic E-state index is 15.5. The highest BCUT2D eigenvalue weighted by atomic mass is 19.1. The van der Waals surface area contributed by atoms with E-state index in [1.165, 1.54) is 12.4 Å². The molecular formula is C29H27FN4O4. The number of benzene rings is 2. The number of ether oxygens (including phenoxy) is 1. The number of carbonyl (C=O) groups is 3. The minimum absolute atomic E-state index is 0.168. The van der Waals surface area contributed by atoms with Crippen LogP contribution in [0.15, 0.2) is 54.9 Å². The van der Waals surface area contributed by atoms with Gasteiger partial charge in [0.15, 0.2) is 0 Å². The Morgan fingerprint density at radius 3 is 2.16 bits per heavy atom. The summed E-state index contributed by atoms with van der Waals surface area (Å²) in [4.78, 5) is 49.2. The van der Waals surface area contributed by atoms with E-state index < -0.39 is 17.6 Å². The van der Waals surface area contributed by atoms with Gasteiger partial charge in [-0.3, -0.25) is 19.3 Å². The highest BCUT2D eigenvalue weighted by Crippen LogP contribution is 2.33. The summed E-state index contributed by atoms with van der Waals surface area (Å²) in [7, 11) is 0. The number of aromatic nitrogens is 2. The molecule has 3 amide bonds. The first-order valence-corrected chi connectivity index (χ1v) is 13.0. The highest BCUT2D eigenvalue weighted by molar-refractivity contribution is 6.21. The largest absolute Gasteiger partial charge is 0.463 e. The van der Waals surface area contributed by atoms with Gasteiger partial charge in [0.05, 0.1) is 24.3 Å². The molecule has 1 saturated carbocycles. The number of imide groups is 1. The van der Waals surface area contributed by atoms with Crippen molar-refractivity contribution >= 4 is 17.7 Å². The molecule has 2 aliphatic heterocycles. The summed E-state index contributed by atoms with van der Waals surface area (Å²) in [5, 5.41) is 0. The van der Waals surface area contributed by atoms with Gasteiger partial charge in [-0.15, -0.1) is 0 Å². The summed E-state index contributed by atoms with van der Waals surface area (Å²) < 4.78 is 21.3. The molecule has 0 bridgehead atoms. The summed E-state index contributed by atoms with van der Waals surface area (Å²) in [6.45, 7) is 1.83. The second-order valence-corrected chi connectivity index (χ2v) is 10.1. The van der Waals surface area contributed by atoms with Crippen LogP contribution in [0.3, 0.4) is 0 Å². The Morgan fingerprint density at radius 2 is 1.53 bits per heavy atom. The number of amides is 3. The Hall–Kier alpha value is -4.14. The predicted octanol–water partition coefficient (Wildman–Crippen LogP) is 4.11. The van der Waals surface area contributed by atoms with Gasteiger partial charge in [-0.1, -0.05) is 30.3 Å². The van der Waals surface area contributed by atoms with E-state index in [1.807, 2.05) is 4.90 Å². The number of hydrogen-bond acceptors (Lipinski definition) is 6. The van der Waals surface area contributed by atoms with E-state index in [4.69, 9.17) is 4.74 Å². The number of rotatable bonds is 7. The Morgan fingerprint density at radius 1 is 0.895 bits per heavy atom. The van der Waals surface area contributed by atoms with Gasteiger partial charge in [-0.05, 0) is 43.7 Å². The minimum Gasteiger partial charge on any atom is -0.463 e. The highest BCUT2D eigenvalue weighted by Gasteiger charge is 2.36. The van der Waals surface area contributed by atoms with Crippen molar-refractivity contribution in [2.75, 3.05) is 19.7 Å². The molecule has 1 saturated heterocycles. The van der Waals surface area contributed by atoms with Crippen molar-refractivity contribution in [2.24, 2.45) is 11.8 Å². The smallest absolute Gasteiger partial charge is 0.316 e. The van der Waals surface area contributed by atoms with Gasteiger partial charge in [-0.25, -0.2) is 14.4 Å². The van der Waals surface area contributed by atoms with Crippen LogP contribution >= 0.6 is 0 Å². The number of fused-ring (bicyclic) bond motifs is 1. The first-order valence-electron chi connectivity index (χ1n) is 13.0. The molecular weight excluding hydrogens is 487 g/mol. The van der Waals surface area contributed by atoms with Crippen LogP contribution < -0.4 is 4.74 Å². The van der Waals surface area contributed by atoms with Gasteiger partial charge < -0.3 is 9.64 Å². The van der Waals surface area contributed by atoms with Crippen LogP contribution in [-0.4, -0.2) is 57.2 Å². The topological polar surface area (TPSA) is 92.7 Å². The molecule has 0 spiro atoms. The monoisotopic (exact) mass is 514 g/mol. The van der Waals surface area contributed by atoms with Gasteiger partial charge in [0.25, 0.3) is 11.8 Å². The van der Waals surface area contributed by atoms with Crippen LogP contribution in [0, 0.1) is 17.7 Å². The summed E-state index contributed by atoms with van der Waals surface area (Å²) in [6.07, 6.45) is 6.84. The van der Waals surface area contributed by atoms with Crippen LogP contribution in [0.4, 0.5) is 4.39 Å². The molecule has 8 nitrogen and oxygen atoms in total. The van der Waals surface area contributed by atoms with E-state index in [2.05, 4.69) is 9.97 Å². The number of carbonyl (C=O) groups excluding carboxylic acids is 3. The van der Waals surface area contributed by atoms with Crippen LogP contribution in [0.5, 0.6) is 6.01 Å². The lowest BCUT2D eigenvalue weighted by Gasteiger charge is -2.31. The van der Waals surface area contributed by atoms with Crippen molar-refractivity contribution in [3.05, 3.63) is 77.4 Å². The number of hydrogen-bond donors (Lipinski definition) is 0. The minimum atomic E-state index is -0.533. The Balaban J connectivity index is 1.08. The van der Waals surface area contributed by atoms with E-state index in [0.717, 1.165) is 43.7 Å². The number of halogens is 1. The summed E-state index contributed by atoms with van der Waals surface area (Å²) >= 11 is 0. The first-order chi connectivity index (χ1) is 18.5. The molecule has 38 heavy (non-hydrogen) atoms. The normalized spacial score (nSPS) is 17.6.